The number of rotatable bonds is 8. The second kappa shape index (κ2) is 11.6. The van der Waals surface area contributed by atoms with Gasteiger partial charge in [0.15, 0.2) is 0 Å². The Labute approximate surface area is 193 Å². The van der Waals surface area contributed by atoms with Crippen molar-refractivity contribution in [3.63, 3.8) is 0 Å². The third-order valence-corrected chi connectivity index (χ3v) is 6.94. The molecule has 32 heavy (non-hydrogen) atoms. The van der Waals surface area contributed by atoms with Crippen LogP contribution in [0.15, 0.2) is 28.9 Å². The minimum Gasteiger partial charge on any atom is -0.367 e. The lowest BCUT2D eigenvalue weighted by atomic mass is 9.93. The Morgan fingerprint density at radius 1 is 1.12 bits per heavy atom. The number of allylic oxidation sites excluding steroid dienone is 3. The maximum absolute atomic E-state index is 4.87. The molecule has 0 amide bonds. The average Bonchev–Trinajstić information content (AvgIpc) is 2.82. The molecule has 0 bridgehead atoms. The smallest absolute Gasteiger partial charge is 0.224 e. The molecule has 0 unspecified atom stereocenters. The second-order valence-electron chi connectivity index (χ2n) is 9.65. The number of aliphatic imine (C=N–C) groups is 1. The van der Waals surface area contributed by atoms with E-state index in [1.807, 2.05) is 6.20 Å². The Hall–Kier alpha value is -2.21. The number of aromatic nitrogens is 2. The zero-order chi connectivity index (χ0) is 22.2. The van der Waals surface area contributed by atoms with Crippen molar-refractivity contribution in [3.05, 3.63) is 29.5 Å². The van der Waals surface area contributed by atoms with Gasteiger partial charge in [-0.1, -0.05) is 44.8 Å². The minimum absolute atomic E-state index is 0.494. The van der Waals surface area contributed by atoms with Crippen molar-refractivity contribution in [2.24, 2.45) is 10.9 Å². The Bertz CT molecular complexity index is 829. The highest BCUT2D eigenvalue weighted by atomic mass is 15.1. The van der Waals surface area contributed by atoms with E-state index in [4.69, 9.17) is 9.98 Å². The normalized spacial score (nSPS) is 22.2. The van der Waals surface area contributed by atoms with E-state index in [2.05, 4.69) is 52.9 Å². The molecular weight excluding hydrogens is 396 g/mol. The van der Waals surface area contributed by atoms with Gasteiger partial charge < -0.3 is 15.5 Å². The lowest BCUT2D eigenvalue weighted by molar-refractivity contribution is 0.244. The molecule has 3 aliphatic rings. The van der Waals surface area contributed by atoms with E-state index in [9.17, 15) is 0 Å². The van der Waals surface area contributed by atoms with Crippen LogP contribution in [0, 0.1) is 5.92 Å². The predicted molar refractivity (Wildman–Crippen MR) is 135 cm³/mol. The SMILES string of the molecule is CCCCNc1ncc(C2=CC/C(=C\C3CCN(C)CC3)C=N2)c(NC2CCCCC2)n1. The van der Waals surface area contributed by atoms with Crippen LogP contribution in [0.2, 0.25) is 0 Å². The molecule has 6 heteroatoms. The minimum atomic E-state index is 0.494. The number of nitrogens with one attached hydrogen (secondary N) is 2. The van der Waals surface area contributed by atoms with Gasteiger partial charge in [-0.2, -0.15) is 4.98 Å². The van der Waals surface area contributed by atoms with Gasteiger partial charge in [-0.15, -0.1) is 0 Å². The van der Waals surface area contributed by atoms with Crippen molar-refractivity contribution in [2.75, 3.05) is 37.3 Å². The molecule has 6 nitrogen and oxygen atoms in total. The molecule has 0 radical (unpaired) electrons. The number of anilines is 2. The van der Waals surface area contributed by atoms with Crippen molar-refractivity contribution < 1.29 is 0 Å². The Morgan fingerprint density at radius 2 is 1.94 bits per heavy atom. The monoisotopic (exact) mass is 436 g/mol. The van der Waals surface area contributed by atoms with Crippen molar-refractivity contribution in [1.29, 1.82) is 0 Å². The topological polar surface area (TPSA) is 65.4 Å². The first kappa shape index (κ1) is 23.0. The molecule has 0 spiro atoms. The Kier molecular flexibility index (Phi) is 8.32. The van der Waals surface area contributed by atoms with Crippen LogP contribution in [0.4, 0.5) is 11.8 Å². The van der Waals surface area contributed by atoms with Gasteiger partial charge in [0.25, 0.3) is 0 Å². The van der Waals surface area contributed by atoms with Gasteiger partial charge in [0, 0.05) is 25.0 Å². The lowest BCUT2D eigenvalue weighted by Gasteiger charge is -2.27. The van der Waals surface area contributed by atoms with Crippen LogP contribution in [0.3, 0.4) is 0 Å². The predicted octanol–water partition coefficient (Wildman–Crippen LogP) is 5.52. The van der Waals surface area contributed by atoms with Crippen LogP contribution < -0.4 is 10.6 Å². The molecule has 3 heterocycles. The van der Waals surface area contributed by atoms with Crippen molar-refractivity contribution >= 4 is 23.7 Å². The van der Waals surface area contributed by atoms with Crippen LogP contribution in [0.1, 0.15) is 76.7 Å². The number of hydrogen-bond acceptors (Lipinski definition) is 6. The summed E-state index contributed by atoms with van der Waals surface area (Å²) in [6.07, 6.45) is 20.8. The van der Waals surface area contributed by atoms with Gasteiger partial charge in [-0.05, 0) is 70.2 Å². The summed E-state index contributed by atoms with van der Waals surface area (Å²) in [6.45, 7) is 5.49. The molecule has 1 aliphatic carbocycles. The first-order chi connectivity index (χ1) is 15.7. The van der Waals surface area contributed by atoms with Gasteiger partial charge in [0.2, 0.25) is 5.95 Å². The second-order valence-corrected chi connectivity index (χ2v) is 9.65. The van der Waals surface area contributed by atoms with E-state index in [0.717, 1.165) is 42.9 Å². The van der Waals surface area contributed by atoms with Gasteiger partial charge in [-0.3, -0.25) is 4.99 Å². The van der Waals surface area contributed by atoms with Crippen molar-refractivity contribution in [1.82, 2.24) is 14.9 Å². The fourth-order valence-corrected chi connectivity index (χ4v) is 4.84. The highest BCUT2D eigenvalue weighted by molar-refractivity contribution is 5.89. The number of likely N-dealkylation sites (tertiary alicyclic amines) is 1. The number of hydrogen-bond donors (Lipinski definition) is 2. The van der Waals surface area contributed by atoms with Gasteiger partial charge in [0.1, 0.15) is 5.82 Å². The maximum Gasteiger partial charge on any atom is 0.224 e. The molecule has 2 fully saturated rings. The number of piperidine rings is 1. The highest BCUT2D eigenvalue weighted by Gasteiger charge is 2.20. The summed E-state index contributed by atoms with van der Waals surface area (Å²) in [7, 11) is 2.21. The Balaban J connectivity index is 1.47. The van der Waals surface area contributed by atoms with E-state index in [0.29, 0.717) is 17.9 Å². The van der Waals surface area contributed by atoms with Crippen LogP contribution in [0.25, 0.3) is 5.70 Å². The molecule has 0 aromatic carbocycles. The largest absolute Gasteiger partial charge is 0.367 e. The first-order valence-corrected chi connectivity index (χ1v) is 12.7. The molecule has 1 aromatic rings. The van der Waals surface area contributed by atoms with E-state index in [-0.39, 0.29) is 0 Å². The van der Waals surface area contributed by atoms with E-state index in [1.165, 1.54) is 63.6 Å². The Morgan fingerprint density at radius 3 is 2.66 bits per heavy atom. The van der Waals surface area contributed by atoms with Crippen LogP contribution in [0.5, 0.6) is 0 Å². The summed E-state index contributed by atoms with van der Waals surface area (Å²) < 4.78 is 0. The lowest BCUT2D eigenvalue weighted by Crippen LogP contribution is -2.29. The third-order valence-electron chi connectivity index (χ3n) is 6.94. The molecule has 1 saturated carbocycles. The number of unbranched alkanes of at least 4 members (excludes halogenated alkanes) is 1. The van der Waals surface area contributed by atoms with Crippen molar-refractivity contribution in [3.8, 4) is 0 Å². The molecule has 2 aliphatic heterocycles. The zero-order valence-electron chi connectivity index (χ0n) is 19.9. The zero-order valence-corrected chi connectivity index (χ0v) is 19.9. The van der Waals surface area contributed by atoms with Gasteiger partial charge in [-0.25, -0.2) is 4.98 Å². The molecule has 1 saturated heterocycles. The maximum atomic E-state index is 4.87. The summed E-state index contributed by atoms with van der Waals surface area (Å²) in [5, 5.41) is 7.11. The van der Waals surface area contributed by atoms with Gasteiger partial charge >= 0.3 is 0 Å². The average molecular weight is 437 g/mol. The third kappa shape index (κ3) is 6.41. The first-order valence-electron chi connectivity index (χ1n) is 12.7. The van der Waals surface area contributed by atoms with Crippen LogP contribution >= 0.6 is 0 Å². The molecule has 4 rings (SSSR count). The van der Waals surface area contributed by atoms with E-state index >= 15 is 0 Å². The summed E-state index contributed by atoms with van der Waals surface area (Å²) in [6, 6.07) is 0.494. The van der Waals surface area contributed by atoms with Crippen LogP contribution in [-0.4, -0.2) is 53.8 Å². The van der Waals surface area contributed by atoms with E-state index < -0.39 is 0 Å². The molecule has 1 aromatic heterocycles. The summed E-state index contributed by atoms with van der Waals surface area (Å²) >= 11 is 0. The van der Waals surface area contributed by atoms with E-state index in [1.54, 1.807) is 0 Å². The molecule has 0 atom stereocenters. The highest BCUT2D eigenvalue weighted by Crippen LogP contribution is 2.30. The fourth-order valence-electron chi connectivity index (χ4n) is 4.84. The standard InChI is InChI=1S/C26H40N6/c1-3-4-14-27-26-29-19-23(25(31-26)30-22-8-6-5-7-9-22)24-11-10-21(18-28-24)17-20-12-15-32(2)16-13-20/h11,17-20,22H,3-10,12-16H2,1-2H3,(H2,27,29,30,31)/b21-17+. The van der Waals surface area contributed by atoms with Crippen molar-refractivity contribution in [2.45, 2.75) is 77.2 Å². The van der Waals surface area contributed by atoms with Crippen LogP contribution in [-0.2, 0) is 0 Å². The number of nitrogens with zero attached hydrogens (tertiary/aromatic N) is 4. The molecular formula is C26H40N6. The molecule has 174 valence electrons. The molecule has 2 N–H and O–H groups in total. The van der Waals surface area contributed by atoms with Gasteiger partial charge in [0.05, 0.1) is 11.3 Å². The summed E-state index contributed by atoms with van der Waals surface area (Å²) in [5.74, 6) is 2.32. The summed E-state index contributed by atoms with van der Waals surface area (Å²) in [5.41, 5.74) is 3.35. The quantitative estimate of drug-likeness (QED) is 0.526. The summed E-state index contributed by atoms with van der Waals surface area (Å²) in [4.78, 5) is 16.7. The fraction of sp³-hybridized carbons (Fsp3) is 0.654.